The molecule has 0 amide bonds. The Morgan fingerprint density at radius 1 is 1.10 bits per heavy atom. The van der Waals surface area contributed by atoms with E-state index < -0.39 is 10.0 Å². The van der Waals surface area contributed by atoms with Crippen LogP contribution in [0.15, 0.2) is 23.1 Å². The predicted octanol–water partition coefficient (Wildman–Crippen LogP) is 2.78. The van der Waals surface area contributed by atoms with Crippen molar-refractivity contribution < 1.29 is 8.42 Å². The van der Waals surface area contributed by atoms with Gasteiger partial charge in [0.05, 0.1) is 4.90 Å². The third kappa shape index (κ3) is 3.55. The molecule has 0 saturated carbocycles. The second kappa shape index (κ2) is 5.67. The van der Waals surface area contributed by atoms with Crippen LogP contribution in [0.25, 0.3) is 0 Å². The summed E-state index contributed by atoms with van der Waals surface area (Å²) < 4.78 is 27.3. The van der Waals surface area contributed by atoms with E-state index in [2.05, 4.69) is 14.7 Å². The van der Waals surface area contributed by atoms with Gasteiger partial charge in [-0.1, -0.05) is 11.6 Å². The Hall–Kier alpha value is -1.57. The number of hydrogen-bond acceptors (Lipinski definition) is 5. The molecule has 0 spiro atoms. The molecule has 0 fully saturated rings. The van der Waals surface area contributed by atoms with Crippen molar-refractivity contribution in [1.82, 2.24) is 9.97 Å². The van der Waals surface area contributed by atoms with Crippen LogP contribution in [-0.2, 0) is 10.0 Å². The number of nitrogens with zero attached hydrogens (tertiary/aromatic N) is 2. The molecule has 0 bridgehead atoms. The topological polar surface area (TPSA) is 98.0 Å². The molecule has 2 rings (SSSR count). The summed E-state index contributed by atoms with van der Waals surface area (Å²) in [5.41, 5.74) is 7.26. The molecule has 3 N–H and O–H groups in total. The van der Waals surface area contributed by atoms with E-state index in [9.17, 15) is 8.42 Å². The van der Waals surface area contributed by atoms with E-state index in [4.69, 9.17) is 28.9 Å². The smallest absolute Gasteiger partial charge is 0.263 e. The first kappa shape index (κ1) is 15.8. The molecule has 0 aliphatic rings. The second-order valence-electron chi connectivity index (χ2n) is 4.43. The molecule has 0 radical (unpaired) electrons. The van der Waals surface area contributed by atoms with Gasteiger partial charge in [0.25, 0.3) is 10.0 Å². The van der Waals surface area contributed by atoms with Crippen molar-refractivity contribution in [2.75, 3.05) is 10.5 Å². The van der Waals surface area contributed by atoms with Gasteiger partial charge in [-0.2, -0.15) is 4.98 Å². The number of halogens is 2. The Balaban J connectivity index is 2.48. The van der Waals surface area contributed by atoms with Crippen LogP contribution in [-0.4, -0.2) is 18.4 Å². The average molecular weight is 347 g/mol. The van der Waals surface area contributed by atoms with Crippen molar-refractivity contribution in [2.45, 2.75) is 18.7 Å². The highest BCUT2D eigenvalue weighted by Gasteiger charge is 2.21. The SMILES string of the molecule is Cc1cc(N)cc(C)c1S(=O)(=O)Nc1cc(Cl)nc(Cl)n1. The van der Waals surface area contributed by atoms with Crippen molar-refractivity contribution >= 4 is 44.7 Å². The van der Waals surface area contributed by atoms with E-state index in [1.54, 1.807) is 26.0 Å². The molecule has 1 aromatic carbocycles. The Morgan fingerprint density at radius 2 is 1.67 bits per heavy atom. The number of rotatable bonds is 3. The summed E-state index contributed by atoms with van der Waals surface area (Å²) in [7, 11) is -3.84. The molecule has 21 heavy (non-hydrogen) atoms. The number of sulfonamides is 1. The molecule has 0 aliphatic heterocycles. The van der Waals surface area contributed by atoms with Gasteiger partial charge in [-0.05, 0) is 48.7 Å². The summed E-state index contributed by atoms with van der Waals surface area (Å²) in [5, 5.41) is -0.107. The summed E-state index contributed by atoms with van der Waals surface area (Å²) in [4.78, 5) is 7.57. The monoisotopic (exact) mass is 346 g/mol. The van der Waals surface area contributed by atoms with E-state index in [1.165, 1.54) is 6.07 Å². The molecule has 1 heterocycles. The maximum atomic E-state index is 12.5. The zero-order valence-corrected chi connectivity index (χ0v) is 13.5. The Kier molecular flexibility index (Phi) is 4.27. The van der Waals surface area contributed by atoms with E-state index in [-0.39, 0.29) is 21.2 Å². The van der Waals surface area contributed by atoms with Gasteiger partial charge in [0.15, 0.2) is 0 Å². The molecule has 9 heteroatoms. The molecule has 2 aromatic rings. The van der Waals surface area contributed by atoms with E-state index in [0.29, 0.717) is 16.8 Å². The standard InChI is InChI=1S/C12H12Cl2N4O2S/c1-6-3-8(15)4-7(2)11(6)21(19,20)18-10-5-9(13)16-12(14)17-10/h3-5H,15H2,1-2H3,(H,16,17,18). The zero-order chi connectivity index (χ0) is 15.8. The predicted molar refractivity (Wildman–Crippen MR) is 83.2 cm³/mol. The molecule has 0 unspecified atom stereocenters. The average Bonchev–Trinajstić information content (AvgIpc) is 2.23. The molecule has 0 aliphatic carbocycles. The normalized spacial score (nSPS) is 11.4. The van der Waals surface area contributed by atoms with Crippen LogP contribution in [0.4, 0.5) is 11.5 Å². The van der Waals surface area contributed by atoms with Crippen LogP contribution in [0.5, 0.6) is 0 Å². The number of aryl methyl sites for hydroxylation is 2. The number of nitrogens with two attached hydrogens (primary N) is 1. The zero-order valence-electron chi connectivity index (χ0n) is 11.2. The van der Waals surface area contributed by atoms with E-state index in [0.717, 1.165) is 0 Å². The summed E-state index contributed by atoms with van der Waals surface area (Å²) in [6, 6.07) is 4.44. The molecule has 112 valence electrons. The summed E-state index contributed by atoms with van der Waals surface area (Å²) in [5.74, 6) is -0.00405. The fraction of sp³-hybridized carbons (Fsp3) is 0.167. The van der Waals surface area contributed by atoms with Crippen LogP contribution in [0.3, 0.4) is 0 Å². The first-order valence-electron chi connectivity index (χ1n) is 5.78. The minimum atomic E-state index is -3.84. The minimum Gasteiger partial charge on any atom is -0.399 e. The highest BCUT2D eigenvalue weighted by Crippen LogP contribution is 2.25. The maximum absolute atomic E-state index is 12.5. The van der Waals surface area contributed by atoms with Crippen molar-refractivity contribution in [3.63, 3.8) is 0 Å². The minimum absolute atomic E-state index is 0.00405. The van der Waals surface area contributed by atoms with Gasteiger partial charge >= 0.3 is 0 Å². The van der Waals surface area contributed by atoms with Gasteiger partial charge in [0, 0.05) is 11.8 Å². The third-order valence-corrected chi connectivity index (χ3v) is 4.68. The largest absolute Gasteiger partial charge is 0.399 e. The first-order valence-corrected chi connectivity index (χ1v) is 8.02. The van der Waals surface area contributed by atoms with Gasteiger partial charge in [-0.15, -0.1) is 0 Å². The highest BCUT2D eigenvalue weighted by molar-refractivity contribution is 7.92. The van der Waals surface area contributed by atoms with Crippen LogP contribution in [0.2, 0.25) is 10.4 Å². The van der Waals surface area contributed by atoms with Crippen molar-refractivity contribution in [3.05, 3.63) is 39.8 Å². The molecular formula is C12H12Cl2N4O2S. The molecule has 6 nitrogen and oxygen atoms in total. The Morgan fingerprint density at radius 3 is 2.19 bits per heavy atom. The van der Waals surface area contributed by atoms with Gasteiger partial charge in [0.2, 0.25) is 5.28 Å². The van der Waals surface area contributed by atoms with Gasteiger partial charge in [-0.25, -0.2) is 13.4 Å². The number of benzene rings is 1. The van der Waals surface area contributed by atoms with Crippen LogP contribution in [0.1, 0.15) is 11.1 Å². The highest BCUT2D eigenvalue weighted by atomic mass is 35.5. The van der Waals surface area contributed by atoms with Crippen molar-refractivity contribution in [2.24, 2.45) is 0 Å². The van der Waals surface area contributed by atoms with Gasteiger partial charge < -0.3 is 5.73 Å². The summed E-state index contributed by atoms with van der Waals surface area (Å²) in [6.07, 6.45) is 0. The summed E-state index contributed by atoms with van der Waals surface area (Å²) >= 11 is 11.4. The lowest BCUT2D eigenvalue weighted by molar-refractivity contribution is 0.600. The third-order valence-electron chi connectivity index (χ3n) is 2.66. The van der Waals surface area contributed by atoms with Crippen molar-refractivity contribution in [3.8, 4) is 0 Å². The molecule has 0 saturated heterocycles. The van der Waals surface area contributed by atoms with Gasteiger partial charge in [0.1, 0.15) is 11.0 Å². The van der Waals surface area contributed by atoms with Crippen LogP contribution >= 0.6 is 23.2 Å². The number of anilines is 2. The fourth-order valence-corrected chi connectivity index (χ4v) is 3.89. The van der Waals surface area contributed by atoms with Crippen LogP contribution in [0, 0.1) is 13.8 Å². The first-order chi connectivity index (χ1) is 9.69. The fourth-order valence-electron chi connectivity index (χ4n) is 2.04. The maximum Gasteiger partial charge on any atom is 0.263 e. The van der Waals surface area contributed by atoms with Crippen LogP contribution < -0.4 is 10.5 Å². The van der Waals surface area contributed by atoms with Gasteiger partial charge in [-0.3, -0.25) is 4.72 Å². The lowest BCUT2D eigenvalue weighted by atomic mass is 10.1. The molecular weight excluding hydrogens is 335 g/mol. The van der Waals surface area contributed by atoms with Crippen molar-refractivity contribution in [1.29, 1.82) is 0 Å². The number of aromatic nitrogens is 2. The quantitative estimate of drug-likeness (QED) is 0.505. The van der Waals surface area contributed by atoms with E-state index >= 15 is 0 Å². The van der Waals surface area contributed by atoms with E-state index in [1.807, 2.05) is 0 Å². The second-order valence-corrected chi connectivity index (χ2v) is 6.78. The molecule has 0 atom stereocenters. The number of nitrogens with one attached hydrogen (secondary N) is 1. The lowest BCUT2D eigenvalue weighted by Gasteiger charge is -2.13. The Labute approximate surface area is 132 Å². The number of nitrogen functional groups attached to an aromatic ring is 1. The Bertz CT molecular complexity index is 766. The summed E-state index contributed by atoms with van der Waals surface area (Å²) in [6.45, 7) is 3.33. The molecule has 1 aromatic heterocycles. The number of hydrogen-bond donors (Lipinski definition) is 2. The lowest BCUT2D eigenvalue weighted by Crippen LogP contribution is -2.17.